The number of nitrogens with zero attached hydrogens (tertiary/aromatic N) is 3. The first-order valence-corrected chi connectivity index (χ1v) is 8.54. The number of hydrogen-bond donors (Lipinski definition) is 0. The molecule has 0 atom stereocenters. The maximum atomic E-state index is 12.4. The van der Waals surface area contributed by atoms with E-state index >= 15 is 0 Å². The number of piperidine rings is 1. The van der Waals surface area contributed by atoms with E-state index in [0.29, 0.717) is 36.1 Å². The van der Waals surface area contributed by atoms with Crippen molar-refractivity contribution < 1.29 is 18.5 Å². The van der Waals surface area contributed by atoms with Gasteiger partial charge in [-0.15, -0.1) is 0 Å². The van der Waals surface area contributed by atoms with Crippen LogP contribution in [0, 0.1) is 0 Å². The van der Waals surface area contributed by atoms with Crippen molar-refractivity contribution in [2.24, 2.45) is 0 Å². The highest BCUT2D eigenvalue weighted by molar-refractivity contribution is 5.93. The molecule has 1 aliphatic rings. The fraction of sp³-hybridized carbons (Fsp3) is 0.316. The van der Waals surface area contributed by atoms with Crippen LogP contribution in [0.1, 0.15) is 34.9 Å². The van der Waals surface area contributed by atoms with Gasteiger partial charge in [-0.1, -0.05) is 17.3 Å². The molecule has 7 nitrogen and oxygen atoms in total. The zero-order valence-electron chi connectivity index (χ0n) is 14.4. The van der Waals surface area contributed by atoms with Crippen molar-refractivity contribution in [3.8, 4) is 17.2 Å². The number of para-hydroxylation sites is 1. The number of hydrogen-bond acceptors (Lipinski definition) is 6. The normalized spacial score (nSPS) is 15.2. The lowest BCUT2D eigenvalue weighted by atomic mass is 9.96. The van der Waals surface area contributed by atoms with Crippen molar-refractivity contribution in [3.05, 3.63) is 54.2 Å². The van der Waals surface area contributed by atoms with Crippen LogP contribution in [0.5, 0.6) is 5.75 Å². The third kappa shape index (κ3) is 3.08. The van der Waals surface area contributed by atoms with Gasteiger partial charge in [0, 0.05) is 19.0 Å². The van der Waals surface area contributed by atoms with E-state index in [1.165, 1.54) is 12.5 Å². The summed E-state index contributed by atoms with van der Waals surface area (Å²) < 4.78 is 15.8. The number of furan rings is 1. The molecule has 1 saturated heterocycles. The fourth-order valence-corrected chi connectivity index (χ4v) is 3.24. The zero-order chi connectivity index (χ0) is 17.9. The molecule has 1 fully saturated rings. The standard InChI is InChI=1S/C19H19N3O4/c1-24-16-5-3-2-4-15(16)18-20-17(21-26-18)13-6-9-22(10-7-13)19(23)14-8-11-25-12-14/h2-5,8,11-13H,6-7,9-10H2,1H3. The zero-order valence-corrected chi connectivity index (χ0v) is 14.4. The van der Waals surface area contributed by atoms with Gasteiger partial charge in [-0.05, 0) is 31.0 Å². The van der Waals surface area contributed by atoms with Crippen molar-refractivity contribution in [1.29, 1.82) is 0 Å². The molecule has 0 bridgehead atoms. The van der Waals surface area contributed by atoms with Gasteiger partial charge in [-0.3, -0.25) is 4.79 Å². The number of benzene rings is 1. The average molecular weight is 353 g/mol. The van der Waals surface area contributed by atoms with Gasteiger partial charge in [0.15, 0.2) is 5.82 Å². The summed E-state index contributed by atoms with van der Waals surface area (Å²) in [6, 6.07) is 9.24. The van der Waals surface area contributed by atoms with Crippen LogP contribution in [0.15, 0.2) is 51.8 Å². The molecule has 7 heteroatoms. The Kier molecular flexibility index (Phi) is 4.43. The van der Waals surface area contributed by atoms with E-state index in [9.17, 15) is 4.79 Å². The minimum absolute atomic E-state index is 0.0000212. The molecule has 1 aliphatic heterocycles. The maximum Gasteiger partial charge on any atom is 0.261 e. The summed E-state index contributed by atoms with van der Waals surface area (Å²) in [5.41, 5.74) is 1.36. The molecular formula is C19H19N3O4. The Balaban J connectivity index is 1.44. The number of likely N-dealkylation sites (tertiary alicyclic amines) is 1. The molecule has 1 amide bonds. The summed E-state index contributed by atoms with van der Waals surface area (Å²) in [5, 5.41) is 4.15. The third-order valence-corrected chi connectivity index (χ3v) is 4.69. The van der Waals surface area contributed by atoms with Crippen LogP contribution in [0.3, 0.4) is 0 Å². The summed E-state index contributed by atoms with van der Waals surface area (Å²) in [5.74, 6) is 2.01. The van der Waals surface area contributed by atoms with E-state index in [1.807, 2.05) is 29.2 Å². The molecule has 0 spiro atoms. The predicted molar refractivity (Wildman–Crippen MR) is 92.9 cm³/mol. The smallest absolute Gasteiger partial charge is 0.261 e. The van der Waals surface area contributed by atoms with Crippen molar-refractivity contribution in [2.75, 3.05) is 20.2 Å². The highest BCUT2D eigenvalue weighted by Gasteiger charge is 2.28. The molecular weight excluding hydrogens is 334 g/mol. The summed E-state index contributed by atoms with van der Waals surface area (Å²) in [6.07, 6.45) is 4.59. The van der Waals surface area contributed by atoms with E-state index in [2.05, 4.69) is 10.1 Å². The van der Waals surface area contributed by atoms with Crippen LogP contribution in [0.4, 0.5) is 0 Å². The van der Waals surface area contributed by atoms with Crippen LogP contribution >= 0.6 is 0 Å². The number of methoxy groups -OCH3 is 1. The average Bonchev–Trinajstić information content (AvgIpc) is 3.39. The second kappa shape index (κ2) is 7.03. The lowest BCUT2D eigenvalue weighted by molar-refractivity contribution is 0.0710. The van der Waals surface area contributed by atoms with Crippen molar-refractivity contribution in [2.45, 2.75) is 18.8 Å². The summed E-state index contributed by atoms with van der Waals surface area (Å²) in [7, 11) is 1.61. The Labute approximate surface area is 150 Å². The fourth-order valence-electron chi connectivity index (χ4n) is 3.24. The van der Waals surface area contributed by atoms with Crippen LogP contribution in [0.25, 0.3) is 11.5 Å². The van der Waals surface area contributed by atoms with Crippen molar-refractivity contribution in [1.82, 2.24) is 15.0 Å². The van der Waals surface area contributed by atoms with Crippen LogP contribution in [0.2, 0.25) is 0 Å². The minimum atomic E-state index is 0.0000212. The molecule has 0 radical (unpaired) electrons. The molecule has 0 saturated carbocycles. The van der Waals surface area contributed by atoms with Crippen molar-refractivity contribution >= 4 is 5.91 Å². The molecule has 0 unspecified atom stereocenters. The van der Waals surface area contributed by atoms with E-state index < -0.39 is 0 Å². The molecule has 134 valence electrons. The molecule has 2 aromatic heterocycles. The molecule has 3 heterocycles. The predicted octanol–water partition coefficient (Wildman–Crippen LogP) is 3.36. The van der Waals surface area contributed by atoms with E-state index in [-0.39, 0.29) is 11.8 Å². The first kappa shape index (κ1) is 16.4. The van der Waals surface area contributed by atoms with Gasteiger partial charge in [-0.25, -0.2) is 0 Å². The Bertz CT molecular complexity index is 880. The molecule has 0 aliphatic carbocycles. The van der Waals surface area contributed by atoms with Gasteiger partial charge < -0.3 is 18.6 Å². The second-order valence-corrected chi connectivity index (χ2v) is 6.24. The number of aromatic nitrogens is 2. The Morgan fingerprint density at radius 2 is 2.04 bits per heavy atom. The first-order chi connectivity index (χ1) is 12.8. The largest absolute Gasteiger partial charge is 0.496 e. The lowest BCUT2D eigenvalue weighted by Crippen LogP contribution is -2.37. The van der Waals surface area contributed by atoms with Crippen LogP contribution in [-0.4, -0.2) is 41.1 Å². The van der Waals surface area contributed by atoms with Crippen LogP contribution in [-0.2, 0) is 0 Å². The number of ether oxygens (including phenoxy) is 1. The first-order valence-electron chi connectivity index (χ1n) is 8.54. The molecule has 1 aromatic carbocycles. The quantitative estimate of drug-likeness (QED) is 0.715. The third-order valence-electron chi connectivity index (χ3n) is 4.69. The van der Waals surface area contributed by atoms with Crippen LogP contribution < -0.4 is 4.74 Å². The van der Waals surface area contributed by atoms with Gasteiger partial charge >= 0.3 is 0 Å². The molecule has 3 aromatic rings. The van der Waals surface area contributed by atoms with E-state index in [0.717, 1.165) is 18.4 Å². The minimum Gasteiger partial charge on any atom is -0.496 e. The van der Waals surface area contributed by atoms with Gasteiger partial charge in [0.05, 0.1) is 24.5 Å². The van der Waals surface area contributed by atoms with Gasteiger partial charge in [0.25, 0.3) is 11.8 Å². The Hall–Kier alpha value is -3.09. The molecule has 26 heavy (non-hydrogen) atoms. The van der Waals surface area contributed by atoms with Gasteiger partial charge in [-0.2, -0.15) is 4.98 Å². The number of carbonyl (C=O) groups excluding carboxylic acids is 1. The molecule has 0 N–H and O–H groups in total. The highest BCUT2D eigenvalue weighted by atomic mass is 16.5. The van der Waals surface area contributed by atoms with E-state index in [1.54, 1.807) is 13.2 Å². The summed E-state index contributed by atoms with van der Waals surface area (Å²) in [6.45, 7) is 1.32. The summed E-state index contributed by atoms with van der Waals surface area (Å²) in [4.78, 5) is 18.8. The second-order valence-electron chi connectivity index (χ2n) is 6.24. The Morgan fingerprint density at radius 3 is 2.77 bits per heavy atom. The highest BCUT2D eigenvalue weighted by Crippen LogP contribution is 2.32. The number of carbonyl (C=O) groups is 1. The van der Waals surface area contributed by atoms with Gasteiger partial charge in [0.2, 0.25) is 0 Å². The van der Waals surface area contributed by atoms with Crippen molar-refractivity contribution in [3.63, 3.8) is 0 Å². The number of amides is 1. The Morgan fingerprint density at radius 1 is 1.23 bits per heavy atom. The summed E-state index contributed by atoms with van der Waals surface area (Å²) >= 11 is 0. The molecule has 4 rings (SSSR count). The monoisotopic (exact) mass is 353 g/mol. The maximum absolute atomic E-state index is 12.4. The van der Waals surface area contributed by atoms with Gasteiger partial charge in [0.1, 0.15) is 12.0 Å². The topological polar surface area (TPSA) is 81.6 Å². The van der Waals surface area contributed by atoms with E-state index in [4.69, 9.17) is 13.7 Å². The lowest BCUT2D eigenvalue weighted by Gasteiger charge is -2.30. The SMILES string of the molecule is COc1ccccc1-c1nc(C2CCN(C(=O)c3ccoc3)CC2)no1. The number of rotatable bonds is 4.